The van der Waals surface area contributed by atoms with Gasteiger partial charge in [-0.3, -0.25) is 4.90 Å². The van der Waals surface area contributed by atoms with E-state index < -0.39 is 0 Å². The summed E-state index contributed by atoms with van der Waals surface area (Å²) in [6.45, 7) is 5.62. The predicted molar refractivity (Wildman–Crippen MR) is 53.6 cm³/mol. The van der Waals surface area contributed by atoms with Crippen LogP contribution in [-0.2, 0) is 0 Å². The first-order valence-electron chi connectivity index (χ1n) is 5.62. The molecule has 0 radical (unpaired) electrons. The van der Waals surface area contributed by atoms with Crippen molar-refractivity contribution >= 4 is 0 Å². The molecule has 2 fully saturated rings. The third-order valence-corrected chi connectivity index (χ3v) is 3.90. The second-order valence-corrected chi connectivity index (χ2v) is 4.91. The summed E-state index contributed by atoms with van der Waals surface area (Å²) in [7, 11) is 0. The Morgan fingerprint density at radius 2 is 1.92 bits per heavy atom. The minimum Gasteiger partial charge on any atom is -0.391 e. The van der Waals surface area contributed by atoms with Gasteiger partial charge in [0.15, 0.2) is 0 Å². The number of hydrogen-bond donors (Lipinski definition) is 1. The second kappa shape index (κ2) is 3.58. The number of aliphatic hydroxyl groups excluding tert-OH is 1. The summed E-state index contributed by atoms with van der Waals surface area (Å²) < 4.78 is 0. The summed E-state index contributed by atoms with van der Waals surface area (Å²) in [5.41, 5.74) is 0. The first kappa shape index (κ1) is 9.47. The zero-order valence-electron chi connectivity index (χ0n) is 8.74. The number of rotatable bonds is 1. The van der Waals surface area contributed by atoms with Crippen molar-refractivity contribution in [2.45, 2.75) is 57.7 Å². The molecule has 0 aromatic rings. The molecule has 2 heteroatoms. The molecule has 0 amide bonds. The van der Waals surface area contributed by atoms with Gasteiger partial charge in [0.2, 0.25) is 0 Å². The summed E-state index contributed by atoms with van der Waals surface area (Å²) in [5.74, 6) is 0.898. The van der Waals surface area contributed by atoms with Crippen molar-refractivity contribution in [2.75, 3.05) is 6.54 Å². The molecule has 1 heterocycles. The summed E-state index contributed by atoms with van der Waals surface area (Å²) in [6.07, 6.45) is 4.97. The van der Waals surface area contributed by atoms with Gasteiger partial charge >= 0.3 is 0 Å². The van der Waals surface area contributed by atoms with Crippen molar-refractivity contribution in [1.29, 1.82) is 0 Å². The lowest BCUT2D eigenvalue weighted by Gasteiger charge is -2.29. The largest absolute Gasteiger partial charge is 0.391 e. The Morgan fingerprint density at radius 1 is 1.15 bits per heavy atom. The quantitative estimate of drug-likeness (QED) is 0.668. The molecule has 76 valence electrons. The Labute approximate surface area is 80.9 Å². The molecule has 0 bridgehead atoms. The van der Waals surface area contributed by atoms with Crippen LogP contribution in [0.25, 0.3) is 0 Å². The highest BCUT2D eigenvalue weighted by molar-refractivity contribution is 4.91. The van der Waals surface area contributed by atoms with Gasteiger partial charge in [-0.2, -0.15) is 0 Å². The average Bonchev–Trinajstić information content (AvgIpc) is 2.62. The molecule has 2 aliphatic rings. The van der Waals surface area contributed by atoms with E-state index >= 15 is 0 Å². The first-order chi connectivity index (χ1) is 6.18. The standard InChI is InChI=1S/C11H21NO/c1-8-3-4-10(7-8)12-6-5-11(13)9(12)2/h8-11,13H,3-7H2,1-2H3/t8?,9-,10?,11+/m0/s1. The van der Waals surface area contributed by atoms with E-state index in [4.69, 9.17) is 0 Å². The lowest BCUT2D eigenvalue weighted by Crippen LogP contribution is -2.39. The van der Waals surface area contributed by atoms with E-state index in [1.54, 1.807) is 0 Å². The molecule has 2 unspecified atom stereocenters. The Balaban J connectivity index is 1.94. The maximum atomic E-state index is 9.65. The van der Waals surface area contributed by atoms with Gasteiger partial charge < -0.3 is 5.11 Å². The van der Waals surface area contributed by atoms with E-state index in [-0.39, 0.29) is 6.10 Å². The van der Waals surface area contributed by atoms with Gasteiger partial charge in [-0.1, -0.05) is 6.92 Å². The summed E-state index contributed by atoms with van der Waals surface area (Å²) >= 11 is 0. The minimum absolute atomic E-state index is 0.0732. The van der Waals surface area contributed by atoms with Gasteiger partial charge in [-0.25, -0.2) is 0 Å². The molecule has 2 nitrogen and oxygen atoms in total. The number of nitrogens with zero attached hydrogens (tertiary/aromatic N) is 1. The fourth-order valence-electron chi connectivity index (χ4n) is 2.94. The summed E-state index contributed by atoms with van der Waals surface area (Å²) in [5, 5.41) is 9.65. The fraction of sp³-hybridized carbons (Fsp3) is 1.00. The maximum absolute atomic E-state index is 9.65. The van der Waals surface area contributed by atoms with Crippen LogP contribution in [0.3, 0.4) is 0 Å². The number of likely N-dealkylation sites (tertiary alicyclic amines) is 1. The molecule has 1 aliphatic carbocycles. The van der Waals surface area contributed by atoms with Gasteiger partial charge in [-0.05, 0) is 38.5 Å². The van der Waals surface area contributed by atoms with E-state index in [1.165, 1.54) is 19.3 Å². The molecule has 4 atom stereocenters. The highest BCUT2D eigenvalue weighted by atomic mass is 16.3. The molecule has 1 N–H and O–H groups in total. The molecule has 2 rings (SSSR count). The maximum Gasteiger partial charge on any atom is 0.0705 e. The average molecular weight is 183 g/mol. The zero-order valence-corrected chi connectivity index (χ0v) is 8.74. The number of hydrogen-bond acceptors (Lipinski definition) is 2. The van der Waals surface area contributed by atoms with E-state index in [1.807, 2.05) is 0 Å². The van der Waals surface area contributed by atoms with Gasteiger partial charge in [-0.15, -0.1) is 0 Å². The molecule has 0 aromatic heterocycles. The smallest absolute Gasteiger partial charge is 0.0705 e. The molecule has 0 spiro atoms. The lowest BCUT2D eigenvalue weighted by molar-refractivity contribution is 0.103. The van der Waals surface area contributed by atoms with E-state index in [2.05, 4.69) is 18.7 Å². The zero-order chi connectivity index (χ0) is 9.42. The molecule has 1 saturated carbocycles. The van der Waals surface area contributed by atoms with Crippen LogP contribution < -0.4 is 0 Å². The van der Waals surface area contributed by atoms with Crippen LogP contribution in [0.2, 0.25) is 0 Å². The third kappa shape index (κ3) is 1.75. The molecule has 1 aliphatic heterocycles. The SMILES string of the molecule is CC1CCC(N2CC[C@@H](O)[C@@H]2C)C1. The van der Waals surface area contributed by atoms with Gasteiger partial charge in [0.05, 0.1) is 6.10 Å². The Kier molecular flexibility index (Phi) is 2.61. The molecule has 0 aromatic carbocycles. The molecular formula is C11H21NO. The van der Waals surface area contributed by atoms with Crippen LogP contribution in [0, 0.1) is 5.92 Å². The van der Waals surface area contributed by atoms with Crippen molar-refractivity contribution in [2.24, 2.45) is 5.92 Å². The van der Waals surface area contributed by atoms with Gasteiger partial charge in [0.25, 0.3) is 0 Å². The van der Waals surface area contributed by atoms with Crippen LogP contribution in [0.4, 0.5) is 0 Å². The highest BCUT2D eigenvalue weighted by Crippen LogP contribution is 2.33. The number of aliphatic hydroxyl groups is 1. The molecule has 13 heavy (non-hydrogen) atoms. The first-order valence-corrected chi connectivity index (χ1v) is 5.62. The van der Waals surface area contributed by atoms with E-state index in [0.29, 0.717) is 6.04 Å². The summed E-state index contributed by atoms with van der Waals surface area (Å²) in [6, 6.07) is 1.16. The Morgan fingerprint density at radius 3 is 2.38 bits per heavy atom. The van der Waals surface area contributed by atoms with E-state index in [0.717, 1.165) is 24.9 Å². The van der Waals surface area contributed by atoms with E-state index in [9.17, 15) is 5.11 Å². The van der Waals surface area contributed by atoms with Gasteiger partial charge in [0.1, 0.15) is 0 Å². The van der Waals surface area contributed by atoms with Crippen molar-refractivity contribution in [3.63, 3.8) is 0 Å². The van der Waals surface area contributed by atoms with Crippen LogP contribution in [0.5, 0.6) is 0 Å². The predicted octanol–water partition coefficient (Wildman–Crippen LogP) is 1.63. The molecular weight excluding hydrogens is 162 g/mol. The Hall–Kier alpha value is -0.0800. The highest BCUT2D eigenvalue weighted by Gasteiger charge is 2.36. The van der Waals surface area contributed by atoms with Crippen LogP contribution in [0.15, 0.2) is 0 Å². The molecule has 1 saturated heterocycles. The van der Waals surface area contributed by atoms with Crippen molar-refractivity contribution < 1.29 is 5.11 Å². The van der Waals surface area contributed by atoms with Crippen molar-refractivity contribution in [3.8, 4) is 0 Å². The van der Waals surface area contributed by atoms with Crippen LogP contribution >= 0.6 is 0 Å². The fourth-order valence-corrected chi connectivity index (χ4v) is 2.94. The monoisotopic (exact) mass is 183 g/mol. The normalized spacial score (nSPS) is 47.3. The lowest BCUT2D eigenvalue weighted by atomic mass is 10.1. The topological polar surface area (TPSA) is 23.5 Å². The van der Waals surface area contributed by atoms with Crippen molar-refractivity contribution in [3.05, 3.63) is 0 Å². The van der Waals surface area contributed by atoms with Gasteiger partial charge in [0, 0.05) is 18.6 Å². The minimum atomic E-state index is -0.0732. The summed E-state index contributed by atoms with van der Waals surface area (Å²) in [4.78, 5) is 2.52. The van der Waals surface area contributed by atoms with Crippen molar-refractivity contribution in [1.82, 2.24) is 4.90 Å². The van der Waals surface area contributed by atoms with Crippen LogP contribution in [0.1, 0.15) is 39.5 Å². The third-order valence-electron chi connectivity index (χ3n) is 3.90. The Bertz CT molecular complexity index is 183. The second-order valence-electron chi connectivity index (χ2n) is 4.91. The van der Waals surface area contributed by atoms with Crippen LogP contribution in [-0.4, -0.2) is 34.7 Å².